The number of benzene rings is 6. The van der Waals surface area contributed by atoms with Crippen molar-refractivity contribution in [2.75, 3.05) is 10.6 Å². The Hall–Kier alpha value is -6.71. The fourth-order valence-corrected chi connectivity index (χ4v) is 7.00. The molecule has 4 N–H and O–H groups in total. The second-order valence-corrected chi connectivity index (χ2v) is 12.6. The van der Waals surface area contributed by atoms with Crippen LogP contribution in [0, 0.1) is 0 Å². The number of hydrogen-bond acceptors (Lipinski definition) is 5. The number of aliphatic hydroxyl groups is 2. The first-order valence-electron chi connectivity index (χ1n) is 16.3. The molecule has 0 saturated heterocycles. The van der Waals surface area contributed by atoms with Gasteiger partial charge in [-0.05, 0) is 76.3 Å². The highest BCUT2D eigenvalue weighted by molar-refractivity contribution is 7.80. The fraction of sp³-hybridized carbons (Fsp3) is 0.0238. The fourth-order valence-electron chi connectivity index (χ4n) is 6.77. The molecule has 246 valence electrons. The third-order valence-electron chi connectivity index (χ3n) is 9.08. The zero-order chi connectivity index (χ0) is 34.5. The molecule has 51 heavy (non-hydrogen) atoms. The van der Waals surface area contributed by atoms with Crippen LogP contribution in [-0.4, -0.2) is 33.5 Å². The summed E-state index contributed by atoms with van der Waals surface area (Å²) in [4.78, 5) is 8.01. The number of amidine groups is 1. The molecule has 8 nitrogen and oxygen atoms in total. The van der Waals surface area contributed by atoms with Crippen LogP contribution in [0.1, 0.15) is 11.1 Å². The van der Waals surface area contributed by atoms with Crippen molar-refractivity contribution >= 4 is 84.7 Å². The second-order valence-electron chi connectivity index (χ2n) is 12.2. The number of para-hydroxylation sites is 1. The zero-order valence-electron chi connectivity index (χ0n) is 26.9. The SMILES string of the molecule is OC1=NC2OC(c3ccccc3)=CC(c3cccc(-c4cccc5c(NC(=S)Nc6ccc7c(c6)oc6ccccc67)cccc45)c3)=C2C(O)=N1. The van der Waals surface area contributed by atoms with Crippen molar-refractivity contribution in [2.45, 2.75) is 6.23 Å². The van der Waals surface area contributed by atoms with Crippen molar-refractivity contribution in [1.29, 1.82) is 0 Å². The van der Waals surface area contributed by atoms with Gasteiger partial charge in [0.2, 0.25) is 12.1 Å². The van der Waals surface area contributed by atoms with E-state index in [4.69, 9.17) is 21.4 Å². The molecule has 0 fully saturated rings. The molecule has 0 amide bonds. The first kappa shape index (κ1) is 30.4. The number of anilines is 2. The molecule has 0 saturated carbocycles. The Morgan fingerprint density at radius 1 is 0.647 bits per heavy atom. The van der Waals surface area contributed by atoms with Gasteiger partial charge in [-0.15, -0.1) is 0 Å². The molecule has 7 aromatic rings. The molecule has 1 aromatic heterocycles. The Kier molecular flexibility index (Phi) is 7.33. The van der Waals surface area contributed by atoms with Gasteiger partial charge in [-0.25, -0.2) is 0 Å². The van der Waals surface area contributed by atoms with E-state index in [0.29, 0.717) is 22.0 Å². The summed E-state index contributed by atoms with van der Waals surface area (Å²) in [6.07, 6.45) is 0.931. The predicted octanol–water partition coefficient (Wildman–Crippen LogP) is 10.3. The first-order valence-corrected chi connectivity index (χ1v) is 16.7. The number of nitrogens with one attached hydrogen (secondary N) is 2. The average Bonchev–Trinajstić information content (AvgIpc) is 3.52. The lowest BCUT2D eigenvalue weighted by molar-refractivity contribution is 0.204. The number of rotatable bonds is 5. The molecule has 0 spiro atoms. The molecule has 9 heteroatoms. The Balaban J connectivity index is 1.05. The smallest absolute Gasteiger partial charge is 0.316 e. The molecule has 3 heterocycles. The van der Waals surface area contributed by atoms with Crippen LogP contribution in [0.3, 0.4) is 0 Å². The number of aliphatic hydroxyl groups excluding tert-OH is 2. The topological polar surface area (TPSA) is 112 Å². The summed E-state index contributed by atoms with van der Waals surface area (Å²) in [6, 6.07) is 43.5. The Bertz CT molecular complexity index is 2680. The molecule has 0 bridgehead atoms. The summed E-state index contributed by atoms with van der Waals surface area (Å²) >= 11 is 5.76. The number of nitrogens with zero attached hydrogens (tertiary/aromatic N) is 2. The van der Waals surface area contributed by atoms with Gasteiger partial charge in [-0.1, -0.05) is 97.1 Å². The van der Waals surface area contributed by atoms with Crippen molar-refractivity contribution in [1.82, 2.24) is 0 Å². The van der Waals surface area contributed by atoms with E-state index in [2.05, 4.69) is 57.0 Å². The predicted molar refractivity (Wildman–Crippen MR) is 209 cm³/mol. The third-order valence-corrected chi connectivity index (χ3v) is 9.28. The maximum absolute atomic E-state index is 10.9. The molecular weight excluding hydrogens is 657 g/mol. The van der Waals surface area contributed by atoms with E-state index < -0.39 is 12.2 Å². The van der Waals surface area contributed by atoms with Crippen LogP contribution in [0.5, 0.6) is 0 Å². The van der Waals surface area contributed by atoms with Crippen LogP contribution >= 0.6 is 12.2 Å². The molecule has 6 aromatic carbocycles. The van der Waals surface area contributed by atoms with E-state index in [1.54, 1.807) is 0 Å². The molecule has 2 aliphatic heterocycles. The van der Waals surface area contributed by atoms with Crippen LogP contribution in [0.15, 0.2) is 160 Å². The minimum atomic E-state index is -0.953. The van der Waals surface area contributed by atoms with Gasteiger partial charge in [-0.3, -0.25) is 0 Å². The quantitative estimate of drug-likeness (QED) is 0.134. The molecule has 0 radical (unpaired) electrons. The first-order chi connectivity index (χ1) is 25.0. The lowest BCUT2D eigenvalue weighted by atomic mass is 9.91. The van der Waals surface area contributed by atoms with E-state index in [-0.39, 0.29) is 5.90 Å². The van der Waals surface area contributed by atoms with E-state index >= 15 is 0 Å². The highest BCUT2D eigenvalue weighted by Gasteiger charge is 2.33. The van der Waals surface area contributed by atoms with E-state index in [1.807, 2.05) is 103 Å². The van der Waals surface area contributed by atoms with Gasteiger partial charge in [0.25, 0.3) is 0 Å². The number of aliphatic imine (C=N–C) groups is 2. The average molecular weight is 685 g/mol. The summed E-state index contributed by atoms with van der Waals surface area (Å²) in [5.41, 5.74) is 8.07. The number of fused-ring (bicyclic) bond motifs is 5. The maximum atomic E-state index is 10.9. The Morgan fingerprint density at radius 3 is 2.27 bits per heavy atom. The van der Waals surface area contributed by atoms with Crippen molar-refractivity contribution < 1.29 is 19.4 Å². The minimum Gasteiger partial charge on any atom is -0.493 e. The summed E-state index contributed by atoms with van der Waals surface area (Å²) in [7, 11) is 0. The highest BCUT2D eigenvalue weighted by Crippen LogP contribution is 2.39. The number of hydrogen-bond donors (Lipinski definition) is 4. The maximum Gasteiger partial charge on any atom is 0.316 e. The van der Waals surface area contributed by atoms with Gasteiger partial charge < -0.3 is 30.0 Å². The van der Waals surface area contributed by atoms with E-state index in [9.17, 15) is 10.2 Å². The zero-order valence-corrected chi connectivity index (χ0v) is 27.7. The lowest BCUT2D eigenvalue weighted by Gasteiger charge is -2.28. The van der Waals surface area contributed by atoms with Gasteiger partial charge in [0.1, 0.15) is 16.9 Å². The summed E-state index contributed by atoms with van der Waals surface area (Å²) < 4.78 is 12.2. The highest BCUT2D eigenvalue weighted by atomic mass is 32.1. The van der Waals surface area contributed by atoms with Gasteiger partial charge in [0.15, 0.2) is 5.11 Å². The number of furan rings is 1. The van der Waals surface area contributed by atoms with Gasteiger partial charge in [0, 0.05) is 39.2 Å². The van der Waals surface area contributed by atoms with Crippen molar-refractivity contribution in [2.24, 2.45) is 9.98 Å². The van der Waals surface area contributed by atoms with E-state index in [1.165, 1.54) is 0 Å². The van der Waals surface area contributed by atoms with Gasteiger partial charge >= 0.3 is 6.02 Å². The van der Waals surface area contributed by atoms with Crippen molar-refractivity contribution in [3.8, 4) is 11.1 Å². The molecule has 2 aliphatic rings. The van der Waals surface area contributed by atoms with Crippen molar-refractivity contribution in [3.05, 3.63) is 156 Å². The molecular formula is C42H28N4O4S. The number of allylic oxidation sites excluding steroid dienone is 2. The van der Waals surface area contributed by atoms with Crippen LogP contribution in [0.4, 0.5) is 11.4 Å². The Morgan fingerprint density at radius 2 is 1.37 bits per heavy atom. The molecule has 1 unspecified atom stereocenters. The number of thiocarbonyl (C=S) groups is 1. The normalized spacial score (nSPS) is 15.5. The van der Waals surface area contributed by atoms with Crippen LogP contribution < -0.4 is 10.6 Å². The standard InChI is InChI=1S/C42H28N4O4S/c47-39-38-33(23-36(24-9-2-1-3-10-24)50-40(38)46-41(48)45-39)26-12-6-11-25(21-26)28-14-7-16-30-29(28)15-8-17-34(30)44-42(51)43-27-19-20-32-31-13-4-5-18-35(31)49-37(32)22-27/h1-23,40H,(H2,43,44,51)(H2,45,46,47,48). The van der Waals surface area contributed by atoms with Crippen LogP contribution in [0.25, 0.3) is 55.2 Å². The van der Waals surface area contributed by atoms with Gasteiger partial charge in [-0.2, -0.15) is 9.98 Å². The van der Waals surface area contributed by atoms with E-state index in [0.717, 1.165) is 66.3 Å². The van der Waals surface area contributed by atoms with Crippen LogP contribution in [0.2, 0.25) is 0 Å². The molecule has 9 rings (SSSR count). The van der Waals surface area contributed by atoms with Crippen molar-refractivity contribution in [3.63, 3.8) is 0 Å². The molecule has 1 atom stereocenters. The summed E-state index contributed by atoms with van der Waals surface area (Å²) in [5.74, 6) is 0.234. The summed E-state index contributed by atoms with van der Waals surface area (Å²) in [5, 5.41) is 32.3. The number of ether oxygens (including phenoxy) is 1. The lowest BCUT2D eigenvalue weighted by Crippen LogP contribution is -2.29. The minimum absolute atomic E-state index is 0.334. The monoisotopic (exact) mass is 684 g/mol. The summed E-state index contributed by atoms with van der Waals surface area (Å²) in [6.45, 7) is 0. The Labute approximate surface area is 297 Å². The second kappa shape index (κ2) is 12.3. The largest absolute Gasteiger partial charge is 0.493 e. The van der Waals surface area contributed by atoms with Crippen LogP contribution in [-0.2, 0) is 4.74 Å². The van der Waals surface area contributed by atoms with Gasteiger partial charge in [0.05, 0.1) is 5.57 Å². The molecule has 0 aliphatic carbocycles. The third kappa shape index (κ3) is 5.55.